The minimum absolute atomic E-state index is 0.0226. The third-order valence-electron chi connectivity index (χ3n) is 4.94. The highest BCUT2D eigenvalue weighted by Crippen LogP contribution is 2.19. The minimum atomic E-state index is -2.41. The summed E-state index contributed by atoms with van der Waals surface area (Å²) < 4.78 is 31.0. The van der Waals surface area contributed by atoms with Gasteiger partial charge in [0, 0.05) is 24.5 Å². The number of nitrogens with zero attached hydrogens (tertiary/aromatic N) is 4. The van der Waals surface area contributed by atoms with Gasteiger partial charge in [-0.15, -0.1) is 0 Å². The second-order valence-corrected chi connectivity index (χ2v) is 7.27. The van der Waals surface area contributed by atoms with E-state index in [1.54, 1.807) is 26.3 Å². The molecule has 1 aromatic carbocycles. The summed E-state index contributed by atoms with van der Waals surface area (Å²) in [5.41, 5.74) is 9.88. The zero-order valence-corrected chi connectivity index (χ0v) is 20.8. The highest BCUT2D eigenvalue weighted by atomic mass is 19.3. The number of amides is 1. The number of carbonyl (C=O) groups is 1. The van der Waals surface area contributed by atoms with Gasteiger partial charge in [0.1, 0.15) is 0 Å². The number of nitrogens with two attached hydrogens (primary N) is 1. The lowest BCUT2D eigenvalue weighted by molar-refractivity contribution is -0.106. The molecule has 2 N–H and O–H groups in total. The van der Waals surface area contributed by atoms with E-state index in [9.17, 15) is 8.78 Å². The number of aromatic nitrogens is 3. The lowest BCUT2D eigenvalue weighted by Gasteiger charge is -2.08. The number of pyridine rings is 1. The van der Waals surface area contributed by atoms with Crippen molar-refractivity contribution in [2.45, 2.75) is 40.0 Å². The van der Waals surface area contributed by atoms with E-state index >= 15 is 0 Å². The molecule has 0 saturated carbocycles. The Labute approximate surface area is 205 Å². The van der Waals surface area contributed by atoms with Gasteiger partial charge in [-0.2, -0.15) is 5.10 Å². The average molecular weight is 486 g/mol. The summed E-state index contributed by atoms with van der Waals surface area (Å²) >= 11 is 0. The molecule has 0 spiro atoms. The monoisotopic (exact) mass is 485 g/mol. The van der Waals surface area contributed by atoms with Crippen LogP contribution in [0.1, 0.15) is 53.9 Å². The van der Waals surface area contributed by atoms with Crippen LogP contribution in [0, 0.1) is 6.92 Å². The molecule has 0 aliphatic heterocycles. The molecule has 0 saturated heterocycles. The Balaban J connectivity index is 0.000000391. The average Bonchev–Trinajstić information content (AvgIpc) is 3.23. The summed E-state index contributed by atoms with van der Waals surface area (Å²) in [6, 6.07) is 11.2. The first kappa shape index (κ1) is 29.2. The van der Waals surface area contributed by atoms with Crippen LogP contribution in [0.25, 0.3) is 5.70 Å². The predicted molar refractivity (Wildman–Crippen MR) is 135 cm³/mol. The van der Waals surface area contributed by atoms with Crippen LogP contribution < -0.4 is 5.73 Å². The van der Waals surface area contributed by atoms with Gasteiger partial charge >= 0.3 is 0 Å². The third kappa shape index (κ3) is 9.11. The van der Waals surface area contributed by atoms with Crippen molar-refractivity contribution in [1.82, 2.24) is 14.8 Å². The van der Waals surface area contributed by atoms with Crippen LogP contribution in [0.3, 0.4) is 0 Å². The molecule has 9 heteroatoms. The van der Waals surface area contributed by atoms with Crippen LogP contribution in [-0.2, 0) is 29.4 Å². The normalized spacial score (nSPS) is 10.6. The number of methoxy groups -OCH3 is 1. The van der Waals surface area contributed by atoms with Crippen molar-refractivity contribution in [2.24, 2.45) is 17.8 Å². The Kier molecular flexibility index (Phi) is 12.6. The Morgan fingerprint density at radius 1 is 1.17 bits per heavy atom. The lowest BCUT2D eigenvalue weighted by Crippen LogP contribution is -2.08. The fourth-order valence-corrected chi connectivity index (χ4v) is 3.00. The number of aliphatic imine (C=N–C) groups is 1. The van der Waals surface area contributed by atoms with Crippen molar-refractivity contribution in [1.29, 1.82) is 0 Å². The molecular weight excluding hydrogens is 452 g/mol. The second kappa shape index (κ2) is 15.1. The molecule has 0 radical (unpaired) electrons. The SMILES string of the molecule is C=C(N=C(OC)c1cnn(C)c1CC)c1ccc(CC)cc1.Cc1ccc(C(F)F)cn1.NC=O. The largest absolute Gasteiger partial charge is 0.480 e. The van der Waals surface area contributed by atoms with Gasteiger partial charge in [-0.25, -0.2) is 13.8 Å². The van der Waals surface area contributed by atoms with Crippen LogP contribution in [-0.4, -0.2) is 34.2 Å². The van der Waals surface area contributed by atoms with E-state index in [0.29, 0.717) is 11.6 Å². The van der Waals surface area contributed by atoms with Gasteiger partial charge in [-0.3, -0.25) is 14.5 Å². The molecule has 0 fully saturated rings. The van der Waals surface area contributed by atoms with Crippen molar-refractivity contribution in [3.05, 3.63) is 89.0 Å². The smallest absolute Gasteiger partial charge is 0.265 e. The van der Waals surface area contributed by atoms with Crippen LogP contribution in [0.15, 0.2) is 60.4 Å². The summed E-state index contributed by atoms with van der Waals surface area (Å²) in [4.78, 5) is 16.9. The van der Waals surface area contributed by atoms with Crippen LogP contribution in [0.2, 0.25) is 0 Å². The number of primary amides is 1. The Morgan fingerprint density at radius 3 is 2.26 bits per heavy atom. The molecular formula is C26H33F2N5O2. The van der Waals surface area contributed by atoms with E-state index in [-0.39, 0.29) is 12.0 Å². The molecule has 35 heavy (non-hydrogen) atoms. The number of carbonyl (C=O) groups excluding carboxylic acids is 1. The van der Waals surface area contributed by atoms with E-state index in [2.05, 4.69) is 53.4 Å². The van der Waals surface area contributed by atoms with Gasteiger partial charge in [-0.05, 0) is 37.0 Å². The van der Waals surface area contributed by atoms with E-state index in [1.807, 2.05) is 23.9 Å². The number of alkyl halides is 2. The van der Waals surface area contributed by atoms with Gasteiger partial charge in [0.05, 0.1) is 30.3 Å². The predicted octanol–water partition coefficient (Wildman–Crippen LogP) is 5.04. The van der Waals surface area contributed by atoms with E-state index in [1.165, 1.54) is 17.8 Å². The molecule has 3 aromatic rings. The summed E-state index contributed by atoms with van der Waals surface area (Å²) in [7, 11) is 3.55. The van der Waals surface area contributed by atoms with Crippen molar-refractivity contribution in [2.75, 3.05) is 7.11 Å². The highest BCUT2D eigenvalue weighted by molar-refractivity contribution is 5.98. The second-order valence-electron chi connectivity index (χ2n) is 7.27. The standard InChI is InChI=1S/C18H23N3O.C7H7F2N.CH3NO/c1-6-14-8-10-15(11-9-14)13(3)20-18(22-5)16-12-19-21(4)17(16)7-2;1-5-2-3-6(4-10-5)7(8)9;2-1-3/h8-12H,3,6-7H2,1-2,4-5H3;2-4,7H,1H3;1H,(H2,2,3). The molecule has 2 heterocycles. The lowest BCUT2D eigenvalue weighted by atomic mass is 10.1. The summed E-state index contributed by atoms with van der Waals surface area (Å²) in [6.07, 6.45) is 2.71. The van der Waals surface area contributed by atoms with Gasteiger partial charge in [-0.1, -0.05) is 50.8 Å². The minimum Gasteiger partial charge on any atom is -0.480 e. The van der Waals surface area contributed by atoms with Crippen LogP contribution in [0.4, 0.5) is 8.78 Å². The van der Waals surface area contributed by atoms with E-state index in [4.69, 9.17) is 9.53 Å². The Hall–Kier alpha value is -3.88. The molecule has 0 atom stereocenters. The molecule has 2 aromatic heterocycles. The molecule has 7 nitrogen and oxygen atoms in total. The first-order valence-electron chi connectivity index (χ1n) is 11.0. The van der Waals surface area contributed by atoms with E-state index in [0.717, 1.165) is 35.4 Å². The van der Waals surface area contributed by atoms with Crippen molar-refractivity contribution in [3.8, 4) is 0 Å². The number of ether oxygens (including phenoxy) is 1. The van der Waals surface area contributed by atoms with Crippen molar-refractivity contribution < 1.29 is 18.3 Å². The quantitative estimate of drug-likeness (QED) is 0.301. The summed E-state index contributed by atoms with van der Waals surface area (Å²) in [5, 5.41) is 4.29. The van der Waals surface area contributed by atoms with Crippen molar-refractivity contribution in [3.63, 3.8) is 0 Å². The first-order chi connectivity index (χ1) is 16.7. The molecule has 0 unspecified atom stereocenters. The zero-order valence-electron chi connectivity index (χ0n) is 20.8. The maximum Gasteiger partial charge on any atom is 0.265 e. The maximum atomic E-state index is 11.9. The molecule has 0 aliphatic carbocycles. The summed E-state index contributed by atoms with van der Waals surface area (Å²) in [5.74, 6) is 0.550. The molecule has 188 valence electrons. The van der Waals surface area contributed by atoms with Gasteiger partial charge < -0.3 is 10.5 Å². The fraction of sp³-hybridized carbons (Fsp3) is 0.308. The number of halogens is 2. The molecule has 0 bridgehead atoms. The van der Waals surface area contributed by atoms with E-state index < -0.39 is 6.43 Å². The molecule has 0 aliphatic rings. The zero-order chi connectivity index (χ0) is 26.4. The Bertz CT molecular complexity index is 1090. The third-order valence-corrected chi connectivity index (χ3v) is 4.94. The van der Waals surface area contributed by atoms with Gasteiger partial charge in [0.15, 0.2) is 0 Å². The highest BCUT2D eigenvalue weighted by Gasteiger charge is 2.14. The van der Waals surface area contributed by atoms with Crippen molar-refractivity contribution >= 4 is 18.0 Å². The molecule has 3 rings (SSSR count). The van der Waals surface area contributed by atoms with Gasteiger partial charge in [0.25, 0.3) is 6.43 Å². The number of aryl methyl sites for hydroxylation is 3. The molecule has 1 amide bonds. The maximum absolute atomic E-state index is 11.9. The summed E-state index contributed by atoms with van der Waals surface area (Å²) in [6.45, 7) is 10.0. The van der Waals surface area contributed by atoms with Gasteiger partial charge in [0.2, 0.25) is 12.3 Å². The number of hydrogen-bond acceptors (Lipinski definition) is 5. The van der Waals surface area contributed by atoms with Crippen LogP contribution >= 0.6 is 0 Å². The number of hydrogen-bond donors (Lipinski definition) is 1. The fourth-order valence-electron chi connectivity index (χ4n) is 3.00. The van der Waals surface area contributed by atoms with Crippen LogP contribution in [0.5, 0.6) is 0 Å². The Morgan fingerprint density at radius 2 is 1.80 bits per heavy atom. The topological polar surface area (TPSA) is 95.4 Å². The number of benzene rings is 1. The number of rotatable bonds is 6. The first-order valence-corrected chi connectivity index (χ1v) is 11.0.